The van der Waals surface area contributed by atoms with Crippen LogP contribution in [0.25, 0.3) is 10.9 Å². The largest absolute Gasteiger partial charge is 0.481 e. The number of hydrogen-bond acceptors (Lipinski definition) is 20. The summed E-state index contributed by atoms with van der Waals surface area (Å²) in [4.78, 5) is 236. The lowest BCUT2D eigenvalue weighted by Crippen LogP contribution is -2.64. The molecule has 6 rings (SSSR count). The van der Waals surface area contributed by atoms with E-state index >= 15 is 19.2 Å². The Kier molecular flexibility index (Phi) is 34.0. The maximum Gasteiger partial charge on any atom is 0.329 e. The smallest absolute Gasteiger partial charge is 0.329 e. The second kappa shape index (κ2) is 42.0. The number of nitrogens with two attached hydrogens (primary N) is 3. The standard InChI is InChI=1S/C74H107BrN18O21S/c1-11-74(8,9)59(90-67(105)56(37(2)3)87-66(104)53-21-15-29-92(53)69(107)48(84-60(98)39(6)81-36-94)31-41-22-24-43(75)25-23-41)68(106)83-47(32-42-34-80-45-18-13-12-17-44(42)45)62(100)82-46(19-14-28-79-73(77)78)61(99)86-50(35-115(111,112)113)63(101)89-58-40(7)114-72(110)49(33-55(96)97)85-65(103)52-20-16-30-93(52)71(109)57(38(4)5)88-64(102)51(26-27-54(76)95)91(10)70(58)108/h12-13,17-18,22-25,34,36-40,46-53,56-59,80H,11,14-16,19-21,26-33,35H2,1-10H3,(H2,76,95)(H,81,94)(H,82,100)(H,83,106)(H,84,98)(H,85,103)(H,86,99)(H,87,104)(H,88,102)(H,89,101)(H,90,105)(H,96,97)(H4,77,78,79)(H,111,112,113)/t39-,40-,46+,47-,48+,49-,50-,51+,52+,53+,56-,57-,58+,59-/m1/s1. The van der Waals surface area contributed by atoms with Crippen LogP contribution in [-0.2, 0) is 104 Å². The molecule has 0 spiro atoms. The minimum Gasteiger partial charge on any atom is -0.481 e. The van der Waals surface area contributed by atoms with Crippen molar-refractivity contribution in [3.05, 3.63) is 70.3 Å². The molecule has 115 heavy (non-hydrogen) atoms. The number of amides is 14. The van der Waals surface area contributed by atoms with Gasteiger partial charge in [0, 0.05) is 67.5 Å². The number of primary amides is 1. The highest BCUT2D eigenvalue weighted by Gasteiger charge is 2.47. The van der Waals surface area contributed by atoms with E-state index in [1.165, 1.54) is 11.8 Å². The molecular formula is C74H107BrN18O21S. The molecule has 2 aromatic carbocycles. The van der Waals surface area contributed by atoms with E-state index in [1.807, 2.05) is 0 Å². The first kappa shape index (κ1) is 93.0. The Morgan fingerprint density at radius 3 is 2.02 bits per heavy atom. The number of carbonyl (C=O) groups excluding carboxylic acids is 15. The first-order valence-electron chi connectivity index (χ1n) is 37.8. The van der Waals surface area contributed by atoms with Gasteiger partial charge in [-0.1, -0.05) is 94.7 Å². The maximum absolute atomic E-state index is 15.3. The molecule has 3 fully saturated rings. The highest BCUT2D eigenvalue weighted by atomic mass is 79.9. The van der Waals surface area contributed by atoms with E-state index in [0.717, 1.165) is 23.3 Å². The third-order valence-corrected chi connectivity index (χ3v) is 21.8. The van der Waals surface area contributed by atoms with Gasteiger partial charge < -0.3 is 99.9 Å². The quantitative estimate of drug-likeness (QED) is 0.00709. The third-order valence-electron chi connectivity index (χ3n) is 20.5. The molecule has 632 valence electrons. The normalized spacial score (nSPS) is 21.0. The first-order valence-corrected chi connectivity index (χ1v) is 40.2. The SMILES string of the molecule is CCC(C)(C)[C@H](NC(=O)[C@H](NC(=O)[C@@H]1CCCN1C(=O)[C@H](Cc1ccc(Br)cc1)NC(=O)[C@@H](C)NC=O)C(C)C)C(=O)N[C@H](Cc1c[nH]c2ccccc12)C(=O)N[C@@H](CCCN=C(N)N)C(=O)N[C@H](CS(=O)(=O)O)C(=O)N[C@@H]1C(=O)N(C)[C@@H](CCC(N)=O)C(=O)N[C@H](C(C)C)C(=O)N2CCC[C@H]2C(=O)N[C@H](CC(=O)O)C(=O)O[C@@H]1C. The van der Waals surface area contributed by atoms with Crippen LogP contribution >= 0.6 is 15.9 Å². The molecule has 39 nitrogen and oxygen atoms in total. The van der Waals surface area contributed by atoms with Gasteiger partial charge in [0.1, 0.15) is 90.4 Å². The number of aromatic nitrogens is 1. The van der Waals surface area contributed by atoms with Gasteiger partial charge >= 0.3 is 11.9 Å². The van der Waals surface area contributed by atoms with E-state index in [9.17, 15) is 75.6 Å². The number of H-pyrrole nitrogens is 1. The van der Waals surface area contributed by atoms with E-state index in [4.69, 9.17) is 21.9 Å². The molecule has 0 radical (unpaired) electrons. The minimum absolute atomic E-state index is 0.00395. The number of fused-ring (bicyclic) bond motifs is 2. The monoisotopic (exact) mass is 1690 g/mol. The van der Waals surface area contributed by atoms with Gasteiger partial charge in [0.2, 0.25) is 83.2 Å². The van der Waals surface area contributed by atoms with Crippen LogP contribution < -0.4 is 70.4 Å². The van der Waals surface area contributed by atoms with Crippen LogP contribution in [0.15, 0.2) is 64.2 Å². The van der Waals surface area contributed by atoms with E-state index in [2.05, 4.69) is 79.1 Å². The number of carboxylic acid groups (broad SMARTS) is 1. The van der Waals surface area contributed by atoms with E-state index < -0.39 is 238 Å². The molecule has 19 N–H and O–H groups in total. The van der Waals surface area contributed by atoms with E-state index in [1.54, 1.807) is 103 Å². The molecule has 0 aliphatic carbocycles. The number of nitrogens with one attached hydrogen (secondary N) is 11. The third kappa shape index (κ3) is 26.3. The summed E-state index contributed by atoms with van der Waals surface area (Å²) in [6, 6.07) is -7.37. The molecule has 1 aromatic heterocycles. The van der Waals surface area contributed by atoms with Gasteiger partial charge in [0.25, 0.3) is 10.1 Å². The first-order chi connectivity index (χ1) is 54.0. The number of cyclic esters (lactones) is 1. The van der Waals surface area contributed by atoms with Crippen molar-refractivity contribution in [1.82, 2.24) is 72.9 Å². The van der Waals surface area contributed by atoms with Gasteiger partial charge in [-0.2, -0.15) is 8.42 Å². The molecule has 3 saturated heterocycles. The van der Waals surface area contributed by atoms with Gasteiger partial charge in [-0.15, -0.1) is 0 Å². The lowest BCUT2D eigenvalue weighted by Gasteiger charge is -2.36. The van der Waals surface area contributed by atoms with Crippen molar-refractivity contribution in [2.75, 3.05) is 32.4 Å². The number of guanidine groups is 1. The molecular weight excluding hydrogens is 1590 g/mol. The summed E-state index contributed by atoms with van der Waals surface area (Å²) in [6.45, 7) is 13.7. The lowest BCUT2D eigenvalue weighted by atomic mass is 9.80. The summed E-state index contributed by atoms with van der Waals surface area (Å²) in [5.41, 5.74) is 17.3. The van der Waals surface area contributed by atoms with E-state index in [0.29, 0.717) is 39.8 Å². The molecule has 0 unspecified atom stereocenters. The lowest BCUT2D eigenvalue weighted by molar-refractivity contribution is -0.161. The number of halogens is 1. The highest BCUT2D eigenvalue weighted by molar-refractivity contribution is 9.10. The summed E-state index contributed by atoms with van der Waals surface area (Å²) < 4.78 is 42.8. The van der Waals surface area contributed by atoms with Crippen LogP contribution in [0.3, 0.4) is 0 Å². The number of likely N-dealkylation sites (N-methyl/N-ethyl adjacent to an activating group) is 1. The van der Waals surface area contributed by atoms with Gasteiger partial charge in [-0.25, -0.2) is 4.79 Å². The van der Waals surface area contributed by atoms with Crippen molar-refractivity contribution < 1.29 is 99.5 Å². The molecule has 3 aliphatic heterocycles. The number of rotatable bonds is 36. The maximum atomic E-state index is 15.3. The van der Waals surface area contributed by atoms with Crippen LogP contribution in [0.1, 0.15) is 138 Å². The fourth-order valence-corrected chi connectivity index (χ4v) is 14.5. The Labute approximate surface area is 673 Å². The molecule has 14 amide bonds. The second-order valence-electron chi connectivity index (χ2n) is 30.2. The van der Waals surface area contributed by atoms with Crippen LogP contribution in [0.5, 0.6) is 0 Å². The van der Waals surface area contributed by atoms with Crippen molar-refractivity contribution in [3.63, 3.8) is 0 Å². The van der Waals surface area contributed by atoms with Crippen LogP contribution in [0, 0.1) is 17.3 Å². The zero-order valence-electron chi connectivity index (χ0n) is 65.8. The number of carbonyl (C=O) groups is 16. The van der Waals surface area contributed by atoms with E-state index in [-0.39, 0.29) is 64.6 Å². The van der Waals surface area contributed by atoms with Crippen molar-refractivity contribution in [2.45, 2.75) is 224 Å². The molecule has 0 bridgehead atoms. The van der Waals surface area contributed by atoms with Crippen molar-refractivity contribution in [3.8, 4) is 0 Å². The number of benzene rings is 2. The fraction of sp³-hybridized carbons (Fsp3) is 0.581. The van der Waals surface area contributed by atoms with Crippen LogP contribution in [0.4, 0.5) is 0 Å². The zero-order valence-corrected chi connectivity index (χ0v) is 68.2. The summed E-state index contributed by atoms with van der Waals surface area (Å²) in [7, 11) is -4.39. The van der Waals surface area contributed by atoms with Gasteiger partial charge in [-0.05, 0) is 112 Å². The molecule has 3 aromatic rings. The summed E-state index contributed by atoms with van der Waals surface area (Å²) in [5.74, 6) is -19.8. The Morgan fingerprint density at radius 1 is 0.765 bits per heavy atom. The Balaban J connectivity index is 1.34. The average Bonchev–Trinajstić information content (AvgIpc) is 1.78. The minimum atomic E-state index is -5.41. The molecule has 14 atom stereocenters. The second-order valence-corrected chi connectivity index (χ2v) is 32.6. The Bertz CT molecular complexity index is 4230. The summed E-state index contributed by atoms with van der Waals surface area (Å²) >= 11 is 3.39. The number of hydrogen-bond donors (Lipinski definition) is 16. The van der Waals surface area contributed by atoms with Gasteiger partial charge in [0.15, 0.2) is 5.96 Å². The van der Waals surface area contributed by atoms with Gasteiger partial charge in [-0.3, -0.25) is 81.5 Å². The van der Waals surface area contributed by atoms with Crippen molar-refractivity contribution in [2.24, 2.45) is 39.4 Å². The zero-order chi connectivity index (χ0) is 85.7. The summed E-state index contributed by atoms with van der Waals surface area (Å²) in [5, 5.41) is 35.8. The van der Waals surface area contributed by atoms with Crippen LogP contribution in [0.2, 0.25) is 0 Å². The molecule has 41 heteroatoms. The fourth-order valence-electron chi connectivity index (χ4n) is 13.6. The number of para-hydroxylation sites is 1. The Morgan fingerprint density at radius 2 is 1.40 bits per heavy atom. The topological polar surface area (TPSA) is 593 Å². The highest BCUT2D eigenvalue weighted by Crippen LogP contribution is 2.29. The predicted octanol–water partition coefficient (Wildman–Crippen LogP) is -2.60. The number of aliphatic carboxylic acids is 1. The number of nitrogens with zero attached hydrogens (tertiary/aromatic N) is 4. The Hall–Kier alpha value is -10.8. The molecule has 3 aliphatic rings. The number of aliphatic imine (C=N–C) groups is 1. The van der Waals surface area contributed by atoms with Crippen molar-refractivity contribution in [1.29, 1.82) is 0 Å². The average molecular weight is 1700 g/mol. The number of likely N-dealkylation sites (tertiary alicyclic amines) is 1. The number of carboxylic acids is 1. The number of ether oxygens (including phenoxy) is 1. The molecule has 0 saturated carbocycles. The van der Waals surface area contributed by atoms with Gasteiger partial charge in [0.05, 0.1) is 6.42 Å². The number of esters is 1. The predicted molar refractivity (Wildman–Crippen MR) is 418 cm³/mol. The summed E-state index contributed by atoms with van der Waals surface area (Å²) in [6.07, 6.45) is -2.36. The van der Waals surface area contributed by atoms with Crippen molar-refractivity contribution >= 4 is 138 Å². The number of aromatic amines is 1. The van der Waals surface area contributed by atoms with Crippen LogP contribution in [-0.4, -0.2) is 256 Å². The molecule has 4 heterocycles.